The third-order valence-electron chi connectivity index (χ3n) is 2.96. The Kier molecular flexibility index (Phi) is 6.40. The maximum atomic E-state index is 5.79. The van der Waals surface area contributed by atoms with E-state index in [4.69, 9.17) is 5.73 Å². The molecule has 0 atom stereocenters. The largest absolute Gasteiger partial charge is 0.396 e. The molecule has 1 aromatic heterocycles. The van der Waals surface area contributed by atoms with Crippen LogP contribution in [0.5, 0.6) is 0 Å². The minimum atomic E-state index is 0.719. The number of hydrogen-bond donors (Lipinski definition) is 2. The van der Waals surface area contributed by atoms with Gasteiger partial charge < -0.3 is 16.0 Å². The lowest BCUT2D eigenvalue weighted by molar-refractivity contribution is 0.298. The van der Waals surface area contributed by atoms with Gasteiger partial charge in [-0.3, -0.25) is 4.98 Å². The molecule has 0 aliphatic rings. The molecule has 0 aromatic carbocycles. The van der Waals surface area contributed by atoms with Crippen molar-refractivity contribution in [3.05, 3.63) is 18.5 Å². The fourth-order valence-corrected chi connectivity index (χ4v) is 1.79. The van der Waals surface area contributed by atoms with E-state index >= 15 is 0 Å². The van der Waals surface area contributed by atoms with E-state index in [0.717, 1.165) is 37.4 Å². The van der Waals surface area contributed by atoms with Gasteiger partial charge in [0.1, 0.15) is 0 Å². The van der Waals surface area contributed by atoms with Crippen molar-refractivity contribution < 1.29 is 0 Å². The van der Waals surface area contributed by atoms with Crippen molar-refractivity contribution >= 4 is 11.4 Å². The zero-order valence-electron chi connectivity index (χ0n) is 10.9. The van der Waals surface area contributed by atoms with Crippen LogP contribution in [0.3, 0.4) is 0 Å². The van der Waals surface area contributed by atoms with Gasteiger partial charge in [-0.2, -0.15) is 0 Å². The third kappa shape index (κ3) is 5.04. The van der Waals surface area contributed by atoms with E-state index in [0.29, 0.717) is 0 Å². The van der Waals surface area contributed by atoms with Gasteiger partial charge in [0.25, 0.3) is 0 Å². The molecule has 0 bridgehead atoms. The van der Waals surface area contributed by atoms with Gasteiger partial charge in [0.05, 0.1) is 17.6 Å². The minimum absolute atomic E-state index is 0.719. The van der Waals surface area contributed by atoms with E-state index in [1.807, 2.05) is 6.07 Å². The molecule has 3 N–H and O–H groups in total. The van der Waals surface area contributed by atoms with Crippen molar-refractivity contribution in [2.24, 2.45) is 0 Å². The average molecular weight is 236 g/mol. The average Bonchev–Trinajstić information content (AvgIpc) is 2.36. The fraction of sp³-hybridized carbons (Fsp3) is 0.615. The molecular formula is C13H24N4. The summed E-state index contributed by atoms with van der Waals surface area (Å²) in [6.45, 7) is 8.84. The number of pyridine rings is 1. The lowest BCUT2D eigenvalue weighted by Gasteiger charge is -2.17. The van der Waals surface area contributed by atoms with E-state index < -0.39 is 0 Å². The molecule has 4 heteroatoms. The second-order valence-corrected chi connectivity index (χ2v) is 4.12. The van der Waals surface area contributed by atoms with Crippen LogP contribution in [-0.4, -0.2) is 36.1 Å². The van der Waals surface area contributed by atoms with Crippen LogP contribution in [0.1, 0.15) is 26.7 Å². The number of anilines is 2. The van der Waals surface area contributed by atoms with Gasteiger partial charge in [-0.25, -0.2) is 0 Å². The van der Waals surface area contributed by atoms with Gasteiger partial charge in [0.15, 0.2) is 0 Å². The van der Waals surface area contributed by atoms with Crippen molar-refractivity contribution in [1.82, 2.24) is 9.88 Å². The maximum absolute atomic E-state index is 5.79. The number of nitrogens with zero attached hydrogens (tertiary/aromatic N) is 2. The Balaban J connectivity index is 2.14. The molecule has 0 aliphatic carbocycles. The number of unbranched alkanes of at least 4 members (excludes halogenated alkanes) is 1. The normalized spacial score (nSPS) is 10.8. The molecular weight excluding hydrogens is 212 g/mol. The van der Waals surface area contributed by atoms with Crippen LogP contribution < -0.4 is 11.1 Å². The first-order chi connectivity index (χ1) is 8.27. The lowest BCUT2D eigenvalue weighted by Crippen LogP contribution is -2.24. The van der Waals surface area contributed by atoms with Crippen LogP contribution in [0.15, 0.2) is 18.5 Å². The van der Waals surface area contributed by atoms with Gasteiger partial charge in [-0.15, -0.1) is 0 Å². The summed E-state index contributed by atoms with van der Waals surface area (Å²) in [6.07, 6.45) is 5.82. The first kappa shape index (κ1) is 13.8. The summed E-state index contributed by atoms with van der Waals surface area (Å²) < 4.78 is 0. The van der Waals surface area contributed by atoms with E-state index in [2.05, 4.69) is 29.0 Å². The van der Waals surface area contributed by atoms with Crippen LogP contribution >= 0.6 is 0 Å². The molecule has 1 aromatic rings. The Morgan fingerprint density at radius 1 is 1.29 bits per heavy atom. The first-order valence-corrected chi connectivity index (χ1v) is 6.43. The Morgan fingerprint density at radius 2 is 2.06 bits per heavy atom. The van der Waals surface area contributed by atoms with Gasteiger partial charge in [-0.05, 0) is 38.5 Å². The van der Waals surface area contributed by atoms with Crippen LogP contribution in [0.25, 0.3) is 0 Å². The van der Waals surface area contributed by atoms with Gasteiger partial charge >= 0.3 is 0 Å². The summed E-state index contributed by atoms with van der Waals surface area (Å²) >= 11 is 0. The number of hydrogen-bond acceptors (Lipinski definition) is 4. The highest BCUT2D eigenvalue weighted by atomic mass is 15.1. The summed E-state index contributed by atoms with van der Waals surface area (Å²) in [7, 11) is 0. The van der Waals surface area contributed by atoms with E-state index in [-0.39, 0.29) is 0 Å². The second kappa shape index (κ2) is 7.90. The summed E-state index contributed by atoms with van der Waals surface area (Å²) in [5.74, 6) is 0. The molecule has 0 amide bonds. The van der Waals surface area contributed by atoms with Crippen LogP contribution in [0, 0.1) is 0 Å². The van der Waals surface area contributed by atoms with Crippen molar-refractivity contribution in [2.45, 2.75) is 26.7 Å². The predicted molar refractivity (Wildman–Crippen MR) is 74.2 cm³/mol. The zero-order valence-corrected chi connectivity index (χ0v) is 10.9. The minimum Gasteiger partial charge on any atom is -0.396 e. The molecule has 1 rings (SSSR count). The van der Waals surface area contributed by atoms with Gasteiger partial charge in [-0.1, -0.05) is 13.8 Å². The summed E-state index contributed by atoms with van der Waals surface area (Å²) in [6, 6.07) is 1.92. The molecule has 96 valence electrons. The highest BCUT2D eigenvalue weighted by Crippen LogP contribution is 2.14. The predicted octanol–water partition coefficient (Wildman–Crippen LogP) is 2.20. The molecule has 17 heavy (non-hydrogen) atoms. The number of nitrogens with two attached hydrogens (primary N) is 1. The number of nitrogen functional groups attached to an aromatic ring is 1. The molecule has 0 saturated carbocycles. The quantitative estimate of drug-likeness (QED) is 0.679. The summed E-state index contributed by atoms with van der Waals surface area (Å²) in [5, 5.41) is 3.34. The topological polar surface area (TPSA) is 54.2 Å². The van der Waals surface area contributed by atoms with Crippen molar-refractivity contribution in [2.75, 3.05) is 37.2 Å². The van der Waals surface area contributed by atoms with Crippen molar-refractivity contribution in [1.29, 1.82) is 0 Å². The van der Waals surface area contributed by atoms with Crippen molar-refractivity contribution in [3.63, 3.8) is 0 Å². The Morgan fingerprint density at radius 3 is 2.71 bits per heavy atom. The molecule has 0 spiro atoms. The van der Waals surface area contributed by atoms with Crippen molar-refractivity contribution in [3.8, 4) is 0 Å². The van der Waals surface area contributed by atoms with Crippen LogP contribution in [0.4, 0.5) is 11.4 Å². The summed E-state index contributed by atoms with van der Waals surface area (Å²) in [5.41, 5.74) is 7.50. The Bertz CT molecular complexity index is 310. The van der Waals surface area contributed by atoms with E-state index in [9.17, 15) is 0 Å². The third-order valence-corrected chi connectivity index (χ3v) is 2.96. The highest BCUT2D eigenvalue weighted by Gasteiger charge is 1.99. The second-order valence-electron chi connectivity index (χ2n) is 4.12. The Hall–Kier alpha value is -1.29. The number of nitrogens with one attached hydrogen (secondary N) is 1. The smallest absolute Gasteiger partial charge is 0.0736 e. The monoisotopic (exact) mass is 236 g/mol. The lowest BCUT2D eigenvalue weighted by atomic mass is 10.2. The molecule has 1 heterocycles. The number of rotatable bonds is 8. The number of aromatic nitrogens is 1. The molecule has 0 saturated heterocycles. The molecule has 0 fully saturated rings. The molecule has 0 aliphatic heterocycles. The van der Waals surface area contributed by atoms with Gasteiger partial charge in [0, 0.05) is 12.7 Å². The van der Waals surface area contributed by atoms with Crippen LogP contribution in [-0.2, 0) is 0 Å². The SMILES string of the molecule is CCN(CC)CCCCNc1ccncc1N. The van der Waals surface area contributed by atoms with E-state index in [1.165, 1.54) is 13.0 Å². The maximum Gasteiger partial charge on any atom is 0.0736 e. The zero-order chi connectivity index (χ0) is 12.5. The van der Waals surface area contributed by atoms with Gasteiger partial charge in [0.2, 0.25) is 0 Å². The van der Waals surface area contributed by atoms with E-state index in [1.54, 1.807) is 12.4 Å². The Labute approximate surface area is 104 Å². The first-order valence-electron chi connectivity index (χ1n) is 6.43. The highest BCUT2D eigenvalue weighted by molar-refractivity contribution is 5.63. The molecule has 0 unspecified atom stereocenters. The fourth-order valence-electron chi connectivity index (χ4n) is 1.79. The van der Waals surface area contributed by atoms with Crippen LogP contribution in [0.2, 0.25) is 0 Å². The molecule has 4 nitrogen and oxygen atoms in total. The summed E-state index contributed by atoms with van der Waals surface area (Å²) in [4.78, 5) is 6.41. The standard InChI is InChI=1S/C13H24N4/c1-3-17(4-2)10-6-5-8-16-13-7-9-15-11-12(13)14/h7,9,11H,3-6,8,10,14H2,1-2H3,(H,15,16). The molecule has 0 radical (unpaired) electrons.